The molecule has 3 heterocycles. The molecule has 0 aromatic carbocycles. The van der Waals surface area contributed by atoms with E-state index in [1.165, 1.54) is 0 Å². The van der Waals surface area contributed by atoms with Crippen molar-refractivity contribution in [2.45, 2.75) is 44.9 Å². The monoisotopic (exact) mass is 328 g/mol. The average Bonchev–Trinajstić information content (AvgIpc) is 3.29. The number of pyridine rings is 1. The van der Waals surface area contributed by atoms with Gasteiger partial charge in [-0.3, -0.25) is 14.5 Å². The maximum absolute atomic E-state index is 12.7. The highest BCUT2D eigenvalue weighted by Crippen LogP contribution is 2.16. The largest absolute Gasteiger partial charge is 0.376 e. The molecule has 0 N–H and O–H groups in total. The first-order valence-electron chi connectivity index (χ1n) is 8.58. The number of rotatable bonds is 8. The van der Waals surface area contributed by atoms with Crippen molar-refractivity contribution in [3.63, 3.8) is 0 Å². The molecule has 0 bridgehead atoms. The highest BCUT2D eigenvalue weighted by atomic mass is 16.5. The fourth-order valence-corrected chi connectivity index (χ4v) is 2.96. The van der Waals surface area contributed by atoms with E-state index >= 15 is 0 Å². The number of amides is 1. The first-order chi connectivity index (χ1) is 11.8. The van der Waals surface area contributed by atoms with Crippen LogP contribution in [0.4, 0.5) is 0 Å². The van der Waals surface area contributed by atoms with Crippen LogP contribution in [-0.4, -0.2) is 44.8 Å². The van der Waals surface area contributed by atoms with Gasteiger partial charge in [-0.2, -0.15) is 5.10 Å². The maximum atomic E-state index is 12.7. The van der Waals surface area contributed by atoms with Crippen molar-refractivity contribution in [3.8, 4) is 0 Å². The Bertz CT molecular complexity index is 609. The summed E-state index contributed by atoms with van der Waals surface area (Å²) < 4.78 is 7.56. The zero-order chi connectivity index (χ0) is 16.6. The van der Waals surface area contributed by atoms with Crippen molar-refractivity contribution in [1.82, 2.24) is 19.7 Å². The normalized spacial score (nSPS) is 17.1. The van der Waals surface area contributed by atoms with E-state index in [0.717, 1.165) is 38.1 Å². The summed E-state index contributed by atoms with van der Waals surface area (Å²) in [6, 6.07) is 7.70. The molecular weight excluding hydrogens is 304 g/mol. The third kappa shape index (κ3) is 4.89. The van der Waals surface area contributed by atoms with Crippen LogP contribution >= 0.6 is 0 Å². The quantitative estimate of drug-likeness (QED) is 0.746. The zero-order valence-electron chi connectivity index (χ0n) is 13.9. The lowest BCUT2D eigenvalue weighted by atomic mass is 10.2. The molecule has 128 valence electrons. The third-order valence-electron chi connectivity index (χ3n) is 4.22. The molecule has 0 saturated carbocycles. The van der Waals surface area contributed by atoms with Crippen LogP contribution in [0.15, 0.2) is 42.9 Å². The van der Waals surface area contributed by atoms with Crippen molar-refractivity contribution < 1.29 is 9.53 Å². The average molecular weight is 328 g/mol. The Hall–Kier alpha value is -2.21. The summed E-state index contributed by atoms with van der Waals surface area (Å²) in [4.78, 5) is 18.9. The number of carbonyl (C=O) groups is 1. The first-order valence-corrected chi connectivity index (χ1v) is 8.58. The van der Waals surface area contributed by atoms with Gasteiger partial charge in [0.2, 0.25) is 5.91 Å². The van der Waals surface area contributed by atoms with E-state index in [1.807, 2.05) is 40.0 Å². The standard InChI is InChI=1S/C18H24N4O2/c23-18(8-3-11-22-12-5-10-20-22)21(15-17-7-4-13-24-17)14-16-6-1-2-9-19-16/h1-2,5-6,9-10,12,17H,3-4,7-8,11,13-15H2/t17-/m0/s1. The van der Waals surface area contributed by atoms with Crippen molar-refractivity contribution in [2.24, 2.45) is 0 Å². The minimum absolute atomic E-state index is 0.156. The van der Waals surface area contributed by atoms with Crippen molar-refractivity contribution in [2.75, 3.05) is 13.2 Å². The van der Waals surface area contributed by atoms with Gasteiger partial charge < -0.3 is 9.64 Å². The van der Waals surface area contributed by atoms with Gasteiger partial charge in [-0.25, -0.2) is 0 Å². The van der Waals surface area contributed by atoms with E-state index in [-0.39, 0.29) is 12.0 Å². The fourth-order valence-electron chi connectivity index (χ4n) is 2.96. The minimum Gasteiger partial charge on any atom is -0.376 e. The van der Waals surface area contributed by atoms with Gasteiger partial charge in [0.1, 0.15) is 0 Å². The molecule has 6 heteroatoms. The van der Waals surface area contributed by atoms with Crippen LogP contribution in [0.1, 0.15) is 31.4 Å². The molecule has 3 rings (SSSR count). The van der Waals surface area contributed by atoms with Gasteiger partial charge in [-0.15, -0.1) is 0 Å². The van der Waals surface area contributed by atoms with Crippen LogP contribution in [-0.2, 0) is 22.6 Å². The van der Waals surface area contributed by atoms with Crippen LogP contribution in [0.5, 0.6) is 0 Å². The molecule has 0 unspecified atom stereocenters. The lowest BCUT2D eigenvalue weighted by molar-refractivity contribution is -0.133. The molecule has 6 nitrogen and oxygen atoms in total. The van der Waals surface area contributed by atoms with Crippen LogP contribution in [0.2, 0.25) is 0 Å². The lowest BCUT2D eigenvalue weighted by Crippen LogP contribution is -2.37. The number of carbonyl (C=O) groups excluding carboxylic acids is 1. The van der Waals surface area contributed by atoms with Gasteiger partial charge in [-0.1, -0.05) is 6.07 Å². The second-order valence-corrected chi connectivity index (χ2v) is 6.10. The molecule has 1 aliphatic heterocycles. The Morgan fingerprint density at radius 2 is 2.29 bits per heavy atom. The maximum Gasteiger partial charge on any atom is 0.223 e. The van der Waals surface area contributed by atoms with Crippen molar-refractivity contribution >= 4 is 5.91 Å². The van der Waals surface area contributed by atoms with Crippen LogP contribution in [0.3, 0.4) is 0 Å². The molecule has 24 heavy (non-hydrogen) atoms. The van der Waals surface area contributed by atoms with E-state index in [1.54, 1.807) is 12.4 Å². The van der Waals surface area contributed by atoms with Crippen molar-refractivity contribution in [3.05, 3.63) is 48.5 Å². The highest BCUT2D eigenvalue weighted by Gasteiger charge is 2.22. The number of aryl methyl sites for hydroxylation is 1. The molecule has 1 fully saturated rings. The number of ether oxygens (including phenoxy) is 1. The smallest absolute Gasteiger partial charge is 0.223 e. The SMILES string of the molecule is O=C(CCCn1cccn1)N(Cc1ccccn1)C[C@@H]1CCCO1. The zero-order valence-corrected chi connectivity index (χ0v) is 13.9. The molecule has 0 spiro atoms. The van der Waals surface area contributed by atoms with Gasteiger partial charge in [0, 0.05) is 44.7 Å². The van der Waals surface area contributed by atoms with Crippen LogP contribution < -0.4 is 0 Å². The topological polar surface area (TPSA) is 60.2 Å². The molecule has 0 aliphatic carbocycles. The highest BCUT2D eigenvalue weighted by molar-refractivity contribution is 5.76. The van der Waals surface area contributed by atoms with Gasteiger partial charge in [0.05, 0.1) is 18.3 Å². The molecule has 1 atom stereocenters. The summed E-state index contributed by atoms with van der Waals surface area (Å²) in [5.74, 6) is 0.156. The van der Waals surface area contributed by atoms with Gasteiger partial charge >= 0.3 is 0 Å². The molecule has 0 radical (unpaired) electrons. The molecular formula is C18H24N4O2. The van der Waals surface area contributed by atoms with E-state index in [0.29, 0.717) is 19.5 Å². The predicted octanol–water partition coefficient (Wildman–Crippen LogP) is 2.27. The minimum atomic E-state index is 0.156. The fraction of sp³-hybridized carbons (Fsp3) is 0.500. The molecule has 1 aliphatic rings. The van der Waals surface area contributed by atoms with E-state index in [2.05, 4.69) is 10.1 Å². The number of hydrogen-bond donors (Lipinski definition) is 0. The Morgan fingerprint density at radius 1 is 1.33 bits per heavy atom. The van der Waals surface area contributed by atoms with Crippen LogP contribution in [0, 0.1) is 0 Å². The summed E-state index contributed by atoms with van der Waals surface area (Å²) >= 11 is 0. The molecule has 2 aromatic rings. The Morgan fingerprint density at radius 3 is 3.00 bits per heavy atom. The summed E-state index contributed by atoms with van der Waals surface area (Å²) in [7, 11) is 0. The number of hydrogen-bond acceptors (Lipinski definition) is 4. The van der Waals surface area contributed by atoms with Crippen molar-refractivity contribution in [1.29, 1.82) is 0 Å². The molecule has 2 aromatic heterocycles. The second kappa shape index (κ2) is 8.59. The Kier molecular flexibility index (Phi) is 5.96. The second-order valence-electron chi connectivity index (χ2n) is 6.10. The lowest BCUT2D eigenvalue weighted by Gasteiger charge is -2.25. The van der Waals surface area contributed by atoms with Gasteiger partial charge in [-0.05, 0) is 37.5 Å². The number of nitrogens with zero attached hydrogens (tertiary/aromatic N) is 4. The van der Waals surface area contributed by atoms with E-state index in [9.17, 15) is 4.79 Å². The van der Waals surface area contributed by atoms with E-state index < -0.39 is 0 Å². The van der Waals surface area contributed by atoms with E-state index in [4.69, 9.17) is 4.74 Å². The molecule has 1 amide bonds. The van der Waals surface area contributed by atoms with Gasteiger partial charge in [0.25, 0.3) is 0 Å². The molecule has 1 saturated heterocycles. The first kappa shape index (κ1) is 16.6. The number of aromatic nitrogens is 3. The summed E-state index contributed by atoms with van der Waals surface area (Å²) in [5.41, 5.74) is 0.913. The summed E-state index contributed by atoms with van der Waals surface area (Å²) in [6.45, 7) is 2.75. The van der Waals surface area contributed by atoms with Crippen LogP contribution in [0.25, 0.3) is 0 Å². The predicted molar refractivity (Wildman–Crippen MR) is 90.1 cm³/mol. The summed E-state index contributed by atoms with van der Waals surface area (Å²) in [5, 5.41) is 4.17. The Labute approximate surface area is 142 Å². The Balaban J connectivity index is 1.55. The van der Waals surface area contributed by atoms with Gasteiger partial charge in [0.15, 0.2) is 0 Å². The third-order valence-corrected chi connectivity index (χ3v) is 4.22. The summed E-state index contributed by atoms with van der Waals surface area (Å²) in [6.07, 6.45) is 9.00.